The molecule has 0 aliphatic carbocycles. The minimum absolute atomic E-state index is 0.378. The minimum atomic E-state index is -1.72. The number of carbonyl (C=O) groups excluding carboxylic acids is 2. The lowest BCUT2D eigenvalue weighted by atomic mass is 9.83. The summed E-state index contributed by atoms with van der Waals surface area (Å²) in [5.41, 5.74) is -0.268. The largest absolute Gasteiger partial charge is 0.468 e. The molecule has 0 bridgehead atoms. The van der Waals surface area contributed by atoms with Crippen LogP contribution < -0.4 is 0 Å². The van der Waals surface area contributed by atoms with Crippen molar-refractivity contribution in [2.24, 2.45) is 5.41 Å². The second-order valence-corrected chi connectivity index (χ2v) is 5.70. The highest BCUT2D eigenvalue weighted by Crippen LogP contribution is 2.40. The summed E-state index contributed by atoms with van der Waals surface area (Å²) in [5.74, 6) is -0.727. The van der Waals surface area contributed by atoms with Gasteiger partial charge < -0.3 is 14.2 Å². The van der Waals surface area contributed by atoms with Gasteiger partial charge in [0.2, 0.25) is 5.41 Å². The number of carbonyl (C=O) groups is 2. The van der Waals surface area contributed by atoms with E-state index in [-0.39, 0.29) is 0 Å². The van der Waals surface area contributed by atoms with Crippen LogP contribution in [0, 0.1) is 5.41 Å². The summed E-state index contributed by atoms with van der Waals surface area (Å²) in [5, 5.41) is 0. The second kappa shape index (κ2) is 7.27. The Morgan fingerprint density at radius 2 is 1.12 bits per heavy atom. The van der Waals surface area contributed by atoms with Crippen LogP contribution >= 0.6 is 0 Å². The van der Waals surface area contributed by atoms with Gasteiger partial charge in [0, 0.05) is 11.1 Å². The quantitative estimate of drug-likeness (QED) is 0.624. The van der Waals surface area contributed by atoms with Crippen LogP contribution in [0.4, 0.5) is 0 Å². The molecule has 0 N–H and O–H groups in total. The number of methoxy groups -OCH3 is 2. The van der Waals surface area contributed by atoms with Crippen molar-refractivity contribution < 1.29 is 23.8 Å². The van der Waals surface area contributed by atoms with E-state index >= 15 is 0 Å². The lowest BCUT2D eigenvalue weighted by molar-refractivity contribution is -0.161. The molecule has 0 aromatic heterocycles. The maximum atomic E-state index is 12.6. The molecule has 3 rings (SSSR count). The van der Waals surface area contributed by atoms with E-state index in [1.807, 2.05) is 60.7 Å². The van der Waals surface area contributed by atoms with Crippen LogP contribution in [-0.2, 0) is 23.8 Å². The lowest BCUT2D eigenvalue weighted by Crippen LogP contribution is -2.39. The van der Waals surface area contributed by atoms with Crippen molar-refractivity contribution in [3.63, 3.8) is 0 Å². The SMILES string of the molecule is COC(=O)C1(C(=O)OC)C=C(c2ccccc2)OC(c2ccccc2)=C1. The summed E-state index contributed by atoms with van der Waals surface area (Å²) in [4.78, 5) is 25.2. The molecule has 26 heavy (non-hydrogen) atoms. The molecule has 132 valence electrons. The molecule has 5 nitrogen and oxygen atoms in total. The zero-order valence-corrected chi connectivity index (χ0v) is 14.5. The summed E-state index contributed by atoms with van der Waals surface area (Å²) in [6, 6.07) is 18.5. The lowest BCUT2D eigenvalue weighted by Gasteiger charge is -2.29. The van der Waals surface area contributed by atoms with E-state index < -0.39 is 17.4 Å². The molecule has 5 heteroatoms. The molecule has 0 spiro atoms. The molecule has 1 aliphatic rings. The summed E-state index contributed by atoms with van der Waals surface area (Å²) in [6.07, 6.45) is 2.87. The van der Waals surface area contributed by atoms with Crippen molar-refractivity contribution in [1.82, 2.24) is 0 Å². The number of ether oxygens (including phenoxy) is 3. The zero-order valence-electron chi connectivity index (χ0n) is 14.5. The Morgan fingerprint density at radius 1 is 0.731 bits per heavy atom. The highest BCUT2D eigenvalue weighted by molar-refractivity contribution is 6.07. The molecule has 1 heterocycles. The van der Waals surface area contributed by atoms with Crippen LogP contribution in [0.2, 0.25) is 0 Å². The predicted molar refractivity (Wildman–Crippen MR) is 96.4 cm³/mol. The minimum Gasteiger partial charge on any atom is -0.468 e. The Bertz CT molecular complexity index is 792. The standard InChI is InChI=1S/C21H18O5/c1-24-19(22)21(20(23)25-2)13-17(15-9-5-3-6-10-15)26-18(14-21)16-11-7-4-8-12-16/h3-14H,1-2H3. The van der Waals surface area contributed by atoms with Gasteiger partial charge in [0.25, 0.3) is 0 Å². The van der Waals surface area contributed by atoms with Gasteiger partial charge in [-0.3, -0.25) is 9.59 Å². The van der Waals surface area contributed by atoms with Gasteiger partial charge in [-0.05, 0) is 12.2 Å². The Hall–Kier alpha value is -3.34. The average Bonchev–Trinajstić information content (AvgIpc) is 2.73. The zero-order chi connectivity index (χ0) is 18.6. The van der Waals surface area contributed by atoms with E-state index in [0.29, 0.717) is 11.5 Å². The normalized spacial score (nSPS) is 15.2. The highest BCUT2D eigenvalue weighted by atomic mass is 16.5. The van der Waals surface area contributed by atoms with Crippen molar-refractivity contribution in [3.05, 3.63) is 83.9 Å². The molecule has 0 unspecified atom stereocenters. The smallest absolute Gasteiger partial charge is 0.331 e. The van der Waals surface area contributed by atoms with Crippen molar-refractivity contribution in [1.29, 1.82) is 0 Å². The fourth-order valence-electron chi connectivity index (χ4n) is 2.78. The van der Waals surface area contributed by atoms with E-state index in [0.717, 1.165) is 11.1 Å². The molecule has 0 radical (unpaired) electrons. The first-order chi connectivity index (χ1) is 12.6. The van der Waals surface area contributed by atoms with Crippen LogP contribution in [0.1, 0.15) is 11.1 Å². The first kappa shape index (κ1) is 17.5. The van der Waals surface area contributed by atoms with Gasteiger partial charge in [0.1, 0.15) is 11.5 Å². The molecular formula is C21H18O5. The molecule has 0 saturated heterocycles. The highest BCUT2D eigenvalue weighted by Gasteiger charge is 2.48. The molecule has 2 aromatic rings. The van der Waals surface area contributed by atoms with Gasteiger partial charge in [-0.1, -0.05) is 60.7 Å². The van der Waals surface area contributed by atoms with E-state index in [2.05, 4.69) is 0 Å². The maximum absolute atomic E-state index is 12.6. The fraction of sp³-hybridized carbons (Fsp3) is 0.143. The average molecular weight is 350 g/mol. The number of esters is 2. The Kier molecular flexibility index (Phi) is 4.89. The molecule has 0 saturated carbocycles. The number of benzene rings is 2. The molecule has 0 fully saturated rings. The molecule has 0 amide bonds. The fourth-order valence-corrected chi connectivity index (χ4v) is 2.78. The van der Waals surface area contributed by atoms with E-state index in [4.69, 9.17) is 14.2 Å². The summed E-state index contributed by atoms with van der Waals surface area (Å²) in [6.45, 7) is 0. The van der Waals surface area contributed by atoms with E-state index in [1.54, 1.807) is 0 Å². The molecule has 2 aromatic carbocycles. The van der Waals surface area contributed by atoms with Crippen LogP contribution in [0.5, 0.6) is 0 Å². The molecule has 1 aliphatic heterocycles. The first-order valence-corrected chi connectivity index (χ1v) is 8.02. The van der Waals surface area contributed by atoms with Crippen molar-refractivity contribution in [2.75, 3.05) is 14.2 Å². The van der Waals surface area contributed by atoms with Crippen molar-refractivity contribution >= 4 is 23.5 Å². The number of hydrogen-bond acceptors (Lipinski definition) is 5. The van der Waals surface area contributed by atoms with E-state index in [9.17, 15) is 9.59 Å². The van der Waals surface area contributed by atoms with E-state index in [1.165, 1.54) is 26.4 Å². The van der Waals surface area contributed by atoms with Gasteiger partial charge in [0.05, 0.1) is 14.2 Å². The topological polar surface area (TPSA) is 61.8 Å². The summed E-state index contributed by atoms with van der Waals surface area (Å²) >= 11 is 0. The summed E-state index contributed by atoms with van der Waals surface area (Å²) < 4.78 is 15.8. The van der Waals surface area contributed by atoms with Crippen molar-refractivity contribution in [2.45, 2.75) is 0 Å². The third kappa shape index (κ3) is 3.11. The second-order valence-electron chi connectivity index (χ2n) is 5.70. The van der Waals surface area contributed by atoms with Gasteiger partial charge in [-0.15, -0.1) is 0 Å². The Morgan fingerprint density at radius 3 is 1.46 bits per heavy atom. The van der Waals surface area contributed by atoms with Crippen LogP contribution in [0.25, 0.3) is 11.5 Å². The Balaban J connectivity index is 2.21. The van der Waals surface area contributed by atoms with Gasteiger partial charge in [-0.25, -0.2) is 0 Å². The van der Waals surface area contributed by atoms with Crippen LogP contribution in [0.3, 0.4) is 0 Å². The summed E-state index contributed by atoms with van der Waals surface area (Å²) in [7, 11) is 2.46. The number of rotatable bonds is 4. The monoisotopic (exact) mass is 350 g/mol. The molecule has 0 atom stereocenters. The number of hydrogen-bond donors (Lipinski definition) is 0. The molecular weight excluding hydrogens is 332 g/mol. The third-order valence-corrected chi connectivity index (χ3v) is 4.10. The predicted octanol–water partition coefficient (Wildman–Crippen LogP) is 3.43. The maximum Gasteiger partial charge on any atom is 0.331 e. The van der Waals surface area contributed by atoms with Crippen molar-refractivity contribution in [3.8, 4) is 0 Å². The van der Waals surface area contributed by atoms with Gasteiger partial charge in [-0.2, -0.15) is 0 Å². The van der Waals surface area contributed by atoms with Crippen LogP contribution in [0.15, 0.2) is 72.8 Å². The Labute approximate surface area is 151 Å². The van der Waals surface area contributed by atoms with Gasteiger partial charge in [0.15, 0.2) is 0 Å². The van der Waals surface area contributed by atoms with Gasteiger partial charge >= 0.3 is 11.9 Å². The van der Waals surface area contributed by atoms with Crippen LogP contribution in [-0.4, -0.2) is 26.2 Å². The first-order valence-electron chi connectivity index (χ1n) is 8.02. The third-order valence-electron chi connectivity index (χ3n) is 4.10.